The van der Waals surface area contributed by atoms with Crippen molar-refractivity contribution in [2.24, 2.45) is 5.92 Å². The molecule has 0 heterocycles. The topological polar surface area (TPSA) is 55.4 Å². The van der Waals surface area contributed by atoms with Gasteiger partial charge in [0.05, 0.1) is 23.1 Å². The predicted octanol–water partition coefficient (Wildman–Crippen LogP) is 3.24. The summed E-state index contributed by atoms with van der Waals surface area (Å²) in [6, 6.07) is 4.30. The summed E-state index contributed by atoms with van der Waals surface area (Å²) in [5, 5.41) is 3.43. The summed E-state index contributed by atoms with van der Waals surface area (Å²) in [6.07, 6.45) is 0.124. The van der Waals surface area contributed by atoms with Crippen molar-refractivity contribution in [3.63, 3.8) is 0 Å². The molecule has 1 rings (SSSR count). The standard InChI is InChI=1S/C15H19Cl2NO3/c1-9(2)8-21-15(20)10(3)18-14(19)7-11-4-5-12(16)13(17)6-11/h4-6,9-10H,7-8H2,1-3H3,(H,18,19). The van der Waals surface area contributed by atoms with Crippen molar-refractivity contribution in [2.45, 2.75) is 33.2 Å². The number of nitrogens with one attached hydrogen (secondary N) is 1. The molecule has 0 radical (unpaired) electrons. The van der Waals surface area contributed by atoms with Crippen LogP contribution in [0.25, 0.3) is 0 Å². The molecule has 1 aromatic rings. The SMILES string of the molecule is CC(C)COC(=O)C(C)NC(=O)Cc1ccc(Cl)c(Cl)c1. The molecule has 0 saturated carbocycles. The van der Waals surface area contributed by atoms with Gasteiger partial charge in [0.1, 0.15) is 6.04 Å². The van der Waals surface area contributed by atoms with Gasteiger partial charge in [-0.3, -0.25) is 4.79 Å². The van der Waals surface area contributed by atoms with Gasteiger partial charge in [-0.1, -0.05) is 43.1 Å². The largest absolute Gasteiger partial charge is 0.464 e. The fraction of sp³-hybridized carbons (Fsp3) is 0.467. The van der Waals surface area contributed by atoms with Crippen molar-refractivity contribution in [1.29, 1.82) is 0 Å². The Morgan fingerprint density at radius 1 is 1.19 bits per heavy atom. The molecule has 0 saturated heterocycles. The molecule has 1 N–H and O–H groups in total. The van der Waals surface area contributed by atoms with Gasteiger partial charge in [-0.05, 0) is 30.5 Å². The van der Waals surface area contributed by atoms with E-state index in [1.165, 1.54) is 0 Å². The van der Waals surface area contributed by atoms with Crippen LogP contribution in [0.5, 0.6) is 0 Å². The minimum absolute atomic E-state index is 0.124. The van der Waals surface area contributed by atoms with Crippen LogP contribution in [0.15, 0.2) is 18.2 Å². The van der Waals surface area contributed by atoms with Crippen LogP contribution in [0.1, 0.15) is 26.3 Å². The number of carbonyl (C=O) groups excluding carboxylic acids is 2. The first-order valence-corrected chi connectivity index (χ1v) is 7.45. The molecular formula is C15H19Cl2NO3. The first-order valence-electron chi connectivity index (χ1n) is 6.69. The van der Waals surface area contributed by atoms with Gasteiger partial charge in [-0.25, -0.2) is 4.79 Å². The molecule has 0 aromatic heterocycles. The monoisotopic (exact) mass is 331 g/mol. The molecule has 0 bridgehead atoms. The zero-order chi connectivity index (χ0) is 16.0. The zero-order valence-corrected chi connectivity index (χ0v) is 13.8. The second kappa shape index (κ2) is 8.25. The lowest BCUT2D eigenvalue weighted by molar-refractivity contribution is -0.148. The van der Waals surface area contributed by atoms with Gasteiger partial charge in [-0.15, -0.1) is 0 Å². The molecule has 1 atom stereocenters. The Kier molecular flexibility index (Phi) is 6.99. The maximum Gasteiger partial charge on any atom is 0.328 e. The minimum Gasteiger partial charge on any atom is -0.464 e. The van der Waals surface area contributed by atoms with Crippen LogP contribution < -0.4 is 5.32 Å². The fourth-order valence-corrected chi connectivity index (χ4v) is 1.88. The molecule has 6 heteroatoms. The summed E-state index contributed by atoms with van der Waals surface area (Å²) >= 11 is 11.7. The van der Waals surface area contributed by atoms with Gasteiger partial charge < -0.3 is 10.1 Å². The number of benzene rings is 1. The maximum absolute atomic E-state index is 11.9. The maximum atomic E-state index is 11.9. The highest BCUT2D eigenvalue weighted by Gasteiger charge is 2.17. The van der Waals surface area contributed by atoms with E-state index in [1.54, 1.807) is 25.1 Å². The average molecular weight is 332 g/mol. The van der Waals surface area contributed by atoms with Crippen molar-refractivity contribution in [1.82, 2.24) is 5.32 Å². The van der Waals surface area contributed by atoms with E-state index < -0.39 is 12.0 Å². The quantitative estimate of drug-likeness (QED) is 0.814. The smallest absolute Gasteiger partial charge is 0.328 e. The van der Waals surface area contributed by atoms with Crippen molar-refractivity contribution in [3.8, 4) is 0 Å². The van der Waals surface area contributed by atoms with E-state index in [9.17, 15) is 9.59 Å². The van der Waals surface area contributed by atoms with Crippen LogP contribution in [-0.4, -0.2) is 24.5 Å². The van der Waals surface area contributed by atoms with Gasteiger partial charge in [0, 0.05) is 0 Å². The minimum atomic E-state index is -0.681. The van der Waals surface area contributed by atoms with Crippen LogP contribution in [0, 0.1) is 5.92 Å². The summed E-state index contributed by atoms with van der Waals surface area (Å²) in [4.78, 5) is 23.5. The Bertz CT molecular complexity index is 518. The second-order valence-electron chi connectivity index (χ2n) is 5.24. The number of amides is 1. The van der Waals surface area contributed by atoms with E-state index >= 15 is 0 Å². The zero-order valence-electron chi connectivity index (χ0n) is 12.3. The third kappa shape index (κ3) is 6.36. The highest BCUT2D eigenvalue weighted by atomic mass is 35.5. The molecule has 1 amide bonds. The number of rotatable bonds is 6. The highest BCUT2D eigenvalue weighted by Crippen LogP contribution is 2.22. The average Bonchev–Trinajstić information content (AvgIpc) is 2.40. The van der Waals surface area contributed by atoms with Crippen LogP contribution in [0.3, 0.4) is 0 Å². The lowest BCUT2D eigenvalue weighted by Crippen LogP contribution is -2.40. The number of hydrogen-bond donors (Lipinski definition) is 1. The Morgan fingerprint density at radius 3 is 2.43 bits per heavy atom. The highest BCUT2D eigenvalue weighted by molar-refractivity contribution is 6.42. The molecule has 0 aliphatic carbocycles. The van der Waals surface area contributed by atoms with Crippen molar-refractivity contribution < 1.29 is 14.3 Å². The van der Waals surface area contributed by atoms with Crippen molar-refractivity contribution >= 4 is 35.1 Å². The summed E-state index contributed by atoms with van der Waals surface area (Å²) in [5.41, 5.74) is 0.727. The van der Waals surface area contributed by atoms with E-state index in [2.05, 4.69) is 5.32 Å². The normalized spacial score (nSPS) is 12.1. The van der Waals surface area contributed by atoms with Gasteiger partial charge in [0.25, 0.3) is 0 Å². The fourth-order valence-electron chi connectivity index (χ4n) is 1.56. The van der Waals surface area contributed by atoms with Crippen molar-refractivity contribution in [3.05, 3.63) is 33.8 Å². The van der Waals surface area contributed by atoms with E-state index in [0.29, 0.717) is 16.7 Å². The third-order valence-electron chi connectivity index (χ3n) is 2.64. The van der Waals surface area contributed by atoms with Crippen LogP contribution in [-0.2, 0) is 20.7 Å². The Balaban J connectivity index is 2.49. The van der Waals surface area contributed by atoms with Crippen LogP contribution in [0.4, 0.5) is 0 Å². The van der Waals surface area contributed by atoms with Gasteiger partial charge >= 0.3 is 5.97 Å². The van der Waals surface area contributed by atoms with E-state index in [1.807, 2.05) is 13.8 Å². The summed E-state index contributed by atoms with van der Waals surface area (Å²) in [5.74, 6) is -0.457. The molecule has 4 nitrogen and oxygen atoms in total. The molecule has 1 unspecified atom stereocenters. The molecule has 1 aromatic carbocycles. The molecule has 0 aliphatic heterocycles. The molecule has 21 heavy (non-hydrogen) atoms. The summed E-state index contributed by atoms with van der Waals surface area (Å²) in [7, 11) is 0. The summed E-state index contributed by atoms with van der Waals surface area (Å²) < 4.78 is 5.06. The van der Waals surface area contributed by atoms with Gasteiger partial charge in [0.2, 0.25) is 5.91 Å². The summed E-state index contributed by atoms with van der Waals surface area (Å²) in [6.45, 7) is 5.82. The van der Waals surface area contributed by atoms with Crippen LogP contribution in [0.2, 0.25) is 10.0 Å². The lowest BCUT2D eigenvalue weighted by atomic mass is 10.1. The molecule has 116 valence electrons. The first-order chi connectivity index (χ1) is 9.79. The second-order valence-corrected chi connectivity index (χ2v) is 6.05. The van der Waals surface area contributed by atoms with E-state index in [-0.39, 0.29) is 18.2 Å². The lowest BCUT2D eigenvalue weighted by Gasteiger charge is -2.14. The number of hydrogen-bond acceptors (Lipinski definition) is 3. The molecule has 0 fully saturated rings. The van der Waals surface area contributed by atoms with Crippen molar-refractivity contribution in [2.75, 3.05) is 6.61 Å². The number of carbonyl (C=O) groups is 2. The molecule has 0 spiro atoms. The van der Waals surface area contributed by atoms with Gasteiger partial charge in [-0.2, -0.15) is 0 Å². The number of esters is 1. The predicted molar refractivity (Wildman–Crippen MR) is 83.6 cm³/mol. The Hall–Kier alpha value is -1.26. The molecule has 0 aliphatic rings. The first kappa shape index (κ1) is 17.8. The van der Waals surface area contributed by atoms with E-state index in [4.69, 9.17) is 27.9 Å². The van der Waals surface area contributed by atoms with Gasteiger partial charge in [0.15, 0.2) is 0 Å². The molecular weight excluding hydrogens is 313 g/mol. The Morgan fingerprint density at radius 2 is 1.86 bits per heavy atom. The number of halogens is 2. The van der Waals surface area contributed by atoms with Crippen LogP contribution >= 0.6 is 23.2 Å². The third-order valence-corrected chi connectivity index (χ3v) is 3.38. The number of ether oxygens (including phenoxy) is 1. The Labute approximate surface area is 134 Å². The van der Waals surface area contributed by atoms with E-state index in [0.717, 1.165) is 5.56 Å².